The SMILES string of the molecule is CC(CC(=O)O)CC(=O)N1CCN(S(=O)(=O)c2ccc(C(C)C)cc2)CC1. The minimum absolute atomic E-state index is 0.0492. The van der Waals surface area contributed by atoms with E-state index in [1.165, 1.54) is 4.31 Å². The second-order valence-electron chi connectivity index (χ2n) is 7.42. The number of carboxylic acid groups (broad SMARTS) is 1. The average Bonchev–Trinajstić information content (AvgIpc) is 2.61. The molecule has 0 aromatic heterocycles. The summed E-state index contributed by atoms with van der Waals surface area (Å²) in [6.07, 6.45) is 0.113. The van der Waals surface area contributed by atoms with Crippen molar-refractivity contribution in [3.05, 3.63) is 29.8 Å². The molecule has 1 atom stereocenters. The van der Waals surface area contributed by atoms with E-state index in [1.54, 1.807) is 24.0 Å². The molecule has 1 unspecified atom stereocenters. The first kappa shape index (κ1) is 21.4. The van der Waals surface area contributed by atoms with E-state index >= 15 is 0 Å². The summed E-state index contributed by atoms with van der Waals surface area (Å²) in [5, 5.41) is 8.79. The summed E-state index contributed by atoms with van der Waals surface area (Å²) >= 11 is 0. The highest BCUT2D eigenvalue weighted by molar-refractivity contribution is 7.89. The van der Waals surface area contributed by atoms with Crippen LogP contribution in [-0.4, -0.2) is 60.8 Å². The number of piperazine rings is 1. The molecular formula is C19H28N2O5S. The molecule has 0 saturated carbocycles. The summed E-state index contributed by atoms with van der Waals surface area (Å²) in [4.78, 5) is 24.9. The van der Waals surface area contributed by atoms with Gasteiger partial charge in [0, 0.05) is 39.0 Å². The minimum atomic E-state index is -3.57. The van der Waals surface area contributed by atoms with Gasteiger partial charge in [0.05, 0.1) is 4.90 Å². The number of sulfonamides is 1. The lowest BCUT2D eigenvalue weighted by molar-refractivity contribution is -0.138. The van der Waals surface area contributed by atoms with E-state index in [9.17, 15) is 18.0 Å². The maximum Gasteiger partial charge on any atom is 0.303 e. The van der Waals surface area contributed by atoms with Crippen LogP contribution >= 0.6 is 0 Å². The Labute approximate surface area is 161 Å². The van der Waals surface area contributed by atoms with Gasteiger partial charge in [0.25, 0.3) is 0 Å². The number of carbonyl (C=O) groups is 2. The molecule has 150 valence electrons. The van der Waals surface area contributed by atoms with Crippen molar-refractivity contribution in [1.82, 2.24) is 9.21 Å². The van der Waals surface area contributed by atoms with Gasteiger partial charge in [-0.05, 0) is 29.5 Å². The van der Waals surface area contributed by atoms with Crippen LogP contribution in [0.1, 0.15) is 45.1 Å². The first-order chi connectivity index (χ1) is 12.6. The lowest BCUT2D eigenvalue weighted by atomic mass is 10.0. The van der Waals surface area contributed by atoms with Gasteiger partial charge in [-0.2, -0.15) is 4.31 Å². The summed E-state index contributed by atoms with van der Waals surface area (Å²) < 4.78 is 27.0. The van der Waals surface area contributed by atoms with Crippen LogP contribution in [0.3, 0.4) is 0 Å². The van der Waals surface area contributed by atoms with Crippen LogP contribution in [0.4, 0.5) is 0 Å². The zero-order valence-corrected chi connectivity index (χ0v) is 16.9. The van der Waals surface area contributed by atoms with E-state index in [0.29, 0.717) is 19.0 Å². The Bertz CT molecular complexity index is 766. The molecule has 0 aliphatic carbocycles. The van der Waals surface area contributed by atoms with Crippen LogP contribution in [0.5, 0.6) is 0 Å². The van der Waals surface area contributed by atoms with Gasteiger partial charge in [-0.15, -0.1) is 0 Å². The zero-order valence-electron chi connectivity index (χ0n) is 16.1. The Balaban J connectivity index is 1.95. The predicted molar refractivity (Wildman–Crippen MR) is 102 cm³/mol. The molecule has 0 bridgehead atoms. The normalized spacial score (nSPS) is 17.1. The number of carbonyl (C=O) groups excluding carboxylic acids is 1. The second-order valence-corrected chi connectivity index (χ2v) is 9.35. The number of nitrogens with zero attached hydrogens (tertiary/aromatic N) is 2. The van der Waals surface area contributed by atoms with E-state index in [1.807, 2.05) is 12.1 Å². The topological polar surface area (TPSA) is 95.0 Å². The van der Waals surface area contributed by atoms with Gasteiger partial charge in [-0.25, -0.2) is 8.42 Å². The van der Waals surface area contributed by atoms with Crippen molar-refractivity contribution in [2.75, 3.05) is 26.2 Å². The van der Waals surface area contributed by atoms with Crippen LogP contribution in [0.15, 0.2) is 29.2 Å². The molecule has 27 heavy (non-hydrogen) atoms. The first-order valence-corrected chi connectivity index (χ1v) is 10.6. The molecule has 1 amide bonds. The molecule has 1 fully saturated rings. The van der Waals surface area contributed by atoms with E-state index in [-0.39, 0.29) is 42.7 Å². The third-order valence-corrected chi connectivity index (χ3v) is 6.73. The Kier molecular flexibility index (Phi) is 7.00. The fraction of sp³-hybridized carbons (Fsp3) is 0.579. The number of rotatable bonds is 7. The fourth-order valence-corrected chi connectivity index (χ4v) is 4.57. The lowest BCUT2D eigenvalue weighted by Crippen LogP contribution is -2.50. The van der Waals surface area contributed by atoms with E-state index in [2.05, 4.69) is 13.8 Å². The summed E-state index contributed by atoms with van der Waals surface area (Å²) in [6, 6.07) is 6.94. The first-order valence-electron chi connectivity index (χ1n) is 9.21. The summed E-state index contributed by atoms with van der Waals surface area (Å²) in [7, 11) is -3.57. The lowest BCUT2D eigenvalue weighted by Gasteiger charge is -2.34. The highest BCUT2D eigenvalue weighted by atomic mass is 32.2. The van der Waals surface area contributed by atoms with Crippen molar-refractivity contribution in [1.29, 1.82) is 0 Å². The molecule has 1 heterocycles. The third-order valence-electron chi connectivity index (χ3n) is 4.82. The van der Waals surface area contributed by atoms with Crippen molar-refractivity contribution in [2.45, 2.75) is 44.4 Å². The molecule has 0 spiro atoms. The van der Waals surface area contributed by atoms with E-state index in [4.69, 9.17) is 5.11 Å². The van der Waals surface area contributed by atoms with E-state index < -0.39 is 16.0 Å². The van der Waals surface area contributed by atoms with E-state index in [0.717, 1.165) is 5.56 Å². The summed E-state index contributed by atoms with van der Waals surface area (Å²) in [6.45, 7) is 6.96. The molecule has 0 radical (unpaired) electrons. The van der Waals surface area contributed by atoms with Crippen molar-refractivity contribution < 1.29 is 23.1 Å². The van der Waals surface area contributed by atoms with Gasteiger partial charge >= 0.3 is 5.97 Å². The number of carboxylic acids is 1. The quantitative estimate of drug-likeness (QED) is 0.762. The molecule has 1 aromatic carbocycles. The number of aliphatic carboxylic acids is 1. The molecule has 1 aromatic rings. The third kappa shape index (κ3) is 5.52. The molecular weight excluding hydrogens is 368 g/mol. The monoisotopic (exact) mass is 396 g/mol. The number of hydrogen-bond acceptors (Lipinski definition) is 4. The minimum Gasteiger partial charge on any atom is -0.481 e. The second kappa shape index (κ2) is 8.84. The van der Waals surface area contributed by atoms with Crippen molar-refractivity contribution in [2.24, 2.45) is 5.92 Å². The Morgan fingerprint density at radius 2 is 1.56 bits per heavy atom. The zero-order chi connectivity index (χ0) is 20.2. The Morgan fingerprint density at radius 1 is 1.00 bits per heavy atom. The molecule has 8 heteroatoms. The molecule has 7 nitrogen and oxygen atoms in total. The van der Waals surface area contributed by atoms with Gasteiger partial charge in [0.1, 0.15) is 0 Å². The van der Waals surface area contributed by atoms with Gasteiger partial charge < -0.3 is 10.0 Å². The van der Waals surface area contributed by atoms with Gasteiger partial charge in [0.15, 0.2) is 0 Å². The van der Waals surface area contributed by atoms with Crippen molar-refractivity contribution >= 4 is 21.9 Å². The maximum atomic E-state index is 12.8. The smallest absolute Gasteiger partial charge is 0.303 e. The highest BCUT2D eigenvalue weighted by Gasteiger charge is 2.30. The average molecular weight is 397 g/mol. The predicted octanol–water partition coefficient (Wildman–Crippen LogP) is 2.14. The van der Waals surface area contributed by atoms with Gasteiger partial charge in [-0.1, -0.05) is 32.9 Å². The molecule has 1 N–H and O–H groups in total. The number of hydrogen-bond donors (Lipinski definition) is 1. The molecule has 2 rings (SSSR count). The molecule has 1 aliphatic heterocycles. The number of amides is 1. The molecule has 1 aliphatic rings. The van der Waals surface area contributed by atoms with Crippen LogP contribution in [0.25, 0.3) is 0 Å². The summed E-state index contributed by atoms with van der Waals surface area (Å²) in [5.74, 6) is -0.951. The largest absolute Gasteiger partial charge is 0.481 e. The van der Waals surface area contributed by atoms with Crippen LogP contribution in [-0.2, 0) is 19.6 Å². The fourth-order valence-electron chi connectivity index (χ4n) is 3.15. The van der Waals surface area contributed by atoms with Crippen LogP contribution < -0.4 is 0 Å². The van der Waals surface area contributed by atoms with Crippen molar-refractivity contribution in [3.8, 4) is 0 Å². The standard InChI is InChI=1S/C19H28N2O5S/c1-14(2)16-4-6-17(7-5-16)27(25,26)21-10-8-20(9-11-21)18(22)12-15(3)13-19(23)24/h4-7,14-15H,8-13H2,1-3H3,(H,23,24). The maximum absolute atomic E-state index is 12.8. The number of benzene rings is 1. The Morgan fingerprint density at radius 3 is 2.04 bits per heavy atom. The van der Waals surface area contributed by atoms with Crippen LogP contribution in [0, 0.1) is 5.92 Å². The van der Waals surface area contributed by atoms with Crippen LogP contribution in [0.2, 0.25) is 0 Å². The summed E-state index contributed by atoms with van der Waals surface area (Å²) in [5.41, 5.74) is 1.08. The molecule has 1 saturated heterocycles. The Hall–Kier alpha value is -1.93. The van der Waals surface area contributed by atoms with Gasteiger partial charge in [-0.3, -0.25) is 9.59 Å². The van der Waals surface area contributed by atoms with Gasteiger partial charge in [0.2, 0.25) is 15.9 Å². The van der Waals surface area contributed by atoms with Crippen molar-refractivity contribution in [3.63, 3.8) is 0 Å². The highest BCUT2D eigenvalue weighted by Crippen LogP contribution is 2.21.